The van der Waals surface area contributed by atoms with Crippen LogP contribution in [0.1, 0.15) is 50.5 Å². The first kappa shape index (κ1) is 18.3. The van der Waals surface area contributed by atoms with Gasteiger partial charge >= 0.3 is 5.97 Å². The number of hydrogen-bond donors (Lipinski definition) is 1. The topological polar surface area (TPSA) is 66.8 Å². The van der Waals surface area contributed by atoms with Crippen molar-refractivity contribution in [3.05, 3.63) is 29.8 Å². The van der Waals surface area contributed by atoms with Crippen LogP contribution in [0.25, 0.3) is 0 Å². The normalized spacial score (nSPS) is 17.5. The molecule has 1 N–H and O–H groups in total. The lowest BCUT2D eigenvalue weighted by molar-refractivity contribution is -0.140. The standard InChI is InChI=1S/C19H27NO4/c1-15-6-4-8-17(14-15)24-13-5-9-18(21)20-12-3-2-7-16(20)10-11-19(22)23/h4,6,8,14,16H,2-3,5,7,9-13H2,1H3,(H,22,23). The van der Waals surface area contributed by atoms with Crippen molar-refractivity contribution in [1.29, 1.82) is 0 Å². The molecule has 2 rings (SSSR count). The highest BCUT2D eigenvalue weighted by molar-refractivity contribution is 5.76. The molecule has 5 nitrogen and oxygen atoms in total. The van der Waals surface area contributed by atoms with Crippen molar-refractivity contribution in [2.75, 3.05) is 13.2 Å². The summed E-state index contributed by atoms with van der Waals surface area (Å²) in [6.45, 7) is 3.29. The zero-order valence-corrected chi connectivity index (χ0v) is 14.4. The Labute approximate surface area is 143 Å². The third kappa shape index (κ3) is 5.87. The van der Waals surface area contributed by atoms with Gasteiger partial charge in [0, 0.05) is 25.4 Å². The van der Waals surface area contributed by atoms with Crippen LogP contribution in [0, 0.1) is 6.92 Å². The molecule has 0 aromatic heterocycles. The molecule has 1 saturated heterocycles. The van der Waals surface area contributed by atoms with Crippen LogP contribution in [0.2, 0.25) is 0 Å². The molecule has 24 heavy (non-hydrogen) atoms. The van der Waals surface area contributed by atoms with Crippen LogP contribution in [0.3, 0.4) is 0 Å². The number of rotatable bonds is 8. The molecule has 0 bridgehead atoms. The maximum absolute atomic E-state index is 12.4. The third-order valence-electron chi connectivity index (χ3n) is 4.43. The van der Waals surface area contributed by atoms with Gasteiger partial charge in [0.2, 0.25) is 5.91 Å². The highest BCUT2D eigenvalue weighted by atomic mass is 16.5. The van der Waals surface area contributed by atoms with Gasteiger partial charge in [-0.25, -0.2) is 0 Å². The van der Waals surface area contributed by atoms with E-state index in [0.29, 0.717) is 25.9 Å². The monoisotopic (exact) mass is 333 g/mol. The average molecular weight is 333 g/mol. The van der Waals surface area contributed by atoms with E-state index in [1.54, 1.807) is 0 Å². The Bertz CT molecular complexity index is 558. The van der Waals surface area contributed by atoms with Gasteiger partial charge in [0.1, 0.15) is 5.75 Å². The van der Waals surface area contributed by atoms with Crippen LogP contribution in [-0.2, 0) is 9.59 Å². The molecule has 0 radical (unpaired) electrons. The summed E-state index contributed by atoms with van der Waals surface area (Å²) in [6.07, 6.45) is 4.81. The molecule has 0 aliphatic carbocycles. The maximum atomic E-state index is 12.4. The fraction of sp³-hybridized carbons (Fsp3) is 0.579. The Morgan fingerprint density at radius 2 is 2.12 bits per heavy atom. The third-order valence-corrected chi connectivity index (χ3v) is 4.43. The molecule has 0 spiro atoms. The minimum Gasteiger partial charge on any atom is -0.494 e. The van der Waals surface area contributed by atoms with Crippen LogP contribution < -0.4 is 4.74 Å². The Kier molecular flexibility index (Phi) is 7.09. The number of benzene rings is 1. The van der Waals surface area contributed by atoms with Crippen molar-refractivity contribution in [2.45, 2.75) is 57.9 Å². The van der Waals surface area contributed by atoms with Crippen LogP contribution >= 0.6 is 0 Å². The molecule has 1 amide bonds. The minimum atomic E-state index is -0.792. The van der Waals surface area contributed by atoms with E-state index in [2.05, 4.69) is 0 Å². The first-order valence-electron chi connectivity index (χ1n) is 8.77. The first-order valence-corrected chi connectivity index (χ1v) is 8.77. The maximum Gasteiger partial charge on any atom is 0.303 e. The van der Waals surface area contributed by atoms with Gasteiger partial charge in [-0.3, -0.25) is 9.59 Å². The van der Waals surface area contributed by atoms with Gasteiger partial charge in [-0.15, -0.1) is 0 Å². The van der Waals surface area contributed by atoms with Crippen molar-refractivity contribution >= 4 is 11.9 Å². The lowest BCUT2D eigenvalue weighted by Gasteiger charge is -2.35. The van der Waals surface area contributed by atoms with Crippen LogP contribution in [-0.4, -0.2) is 41.1 Å². The number of piperidine rings is 1. The molecule has 1 aliphatic heterocycles. The molecular weight excluding hydrogens is 306 g/mol. The molecule has 1 atom stereocenters. The molecule has 1 aromatic carbocycles. The summed E-state index contributed by atoms with van der Waals surface area (Å²) in [5.74, 6) is 0.164. The van der Waals surface area contributed by atoms with Gasteiger partial charge in [0.05, 0.1) is 6.61 Å². The number of likely N-dealkylation sites (tertiary alicyclic amines) is 1. The van der Waals surface area contributed by atoms with E-state index in [0.717, 1.165) is 37.1 Å². The van der Waals surface area contributed by atoms with E-state index < -0.39 is 5.97 Å². The van der Waals surface area contributed by atoms with E-state index in [1.165, 1.54) is 0 Å². The van der Waals surface area contributed by atoms with E-state index >= 15 is 0 Å². The molecule has 1 aliphatic rings. The predicted molar refractivity (Wildman–Crippen MR) is 92.1 cm³/mol. The largest absolute Gasteiger partial charge is 0.494 e. The van der Waals surface area contributed by atoms with Gasteiger partial charge in [0.25, 0.3) is 0 Å². The number of aliphatic carboxylic acids is 1. The summed E-state index contributed by atoms with van der Waals surface area (Å²) in [5, 5.41) is 8.85. The molecule has 1 unspecified atom stereocenters. The summed E-state index contributed by atoms with van der Waals surface area (Å²) in [7, 11) is 0. The number of amides is 1. The molecule has 1 fully saturated rings. The summed E-state index contributed by atoms with van der Waals surface area (Å²) in [5.41, 5.74) is 1.15. The van der Waals surface area contributed by atoms with Crippen molar-refractivity contribution in [3.63, 3.8) is 0 Å². The molecule has 132 valence electrons. The van der Waals surface area contributed by atoms with Crippen molar-refractivity contribution in [2.24, 2.45) is 0 Å². The van der Waals surface area contributed by atoms with Crippen molar-refractivity contribution in [1.82, 2.24) is 4.90 Å². The van der Waals surface area contributed by atoms with E-state index in [1.807, 2.05) is 36.1 Å². The molecule has 1 heterocycles. The predicted octanol–water partition coefficient (Wildman–Crippen LogP) is 3.40. The van der Waals surface area contributed by atoms with Crippen LogP contribution in [0.5, 0.6) is 5.75 Å². The number of ether oxygens (including phenoxy) is 1. The lowest BCUT2D eigenvalue weighted by Crippen LogP contribution is -2.44. The van der Waals surface area contributed by atoms with E-state index in [-0.39, 0.29) is 18.4 Å². The lowest BCUT2D eigenvalue weighted by atomic mass is 9.97. The van der Waals surface area contributed by atoms with Gasteiger partial charge in [-0.2, -0.15) is 0 Å². The second kappa shape index (κ2) is 9.30. The number of hydrogen-bond acceptors (Lipinski definition) is 3. The van der Waals surface area contributed by atoms with Gasteiger partial charge in [-0.1, -0.05) is 12.1 Å². The number of carbonyl (C=O) groups is 2. The number of carboxylic acids is 1. The summed E-state index contributed by atoms with van der Waals surface area (Å²) >= 11 is 0. The number of carbonyl (C=O) groups excluding carboxylic acids is 1. The molecule has 1 aromatic rings. The van der Waals surface area contributed by atoms with Gasteiger partial charge < -0.3 is 14.7 Å². The number of aryl methyl sites for hydroxylation is 1. The average Bonchev–Trinajstić information content (AvgIpc) is 2.57. The summed E-state index contributed by atoms with van der Waals surface area (Å²) in [4.78, 5) is 25.1. The quantitative estimate of drug-likeness (QED) is 0.741. The van der Waals surface area contributed by atoms with E-state index in [4.69, 9.17) is 9.84 Å². The fourth-order valence-corrected chi connectivity index (χ4v) is 3.18. The zero-order chi connectivity index (χ0) is 17.4. The van der Waals surface area contributed by atoms with Crippen molar-refractivity contribution in [3.8, 4) is 5.75 Å². The fourth-order valence-electron chi connectivity index (χ4n) is 3.18. The summed E-state index contributed by atoms with van der Waals surface area (Å²) in [6, 6.07) is 7.95. The highest BCUT2D eigenvalue weighted by Crippen LogP contribution is 2.22. The Morgan fingerprint density at radius 3 is 2.88 bits per heavy atom. The summed E-state index contributed by atoms with van der Waals surface area (Å²) < 4.78 is 5.68. The Balaban J connectivity index is 1.74. The molecule has 5 heteroatoms. The second-order valence-corrected chi connectivity index (χ2v) is 6.44. The van der Waals surface area contributed by atoms with Crippen molar-refractivity contribution < 1.29 is 19.4 Å². The smallest absolute Gasteiger partial charge is 0.303 e. The van der Waals surface area contributed by atoms with E-state index in [9.17, 15) is 9.59 Å². The number of carboxylic acid groups (broad SMARTS) is 1. The SMILES string of the molecule is Cc1cccc(OCCCC(=O)N2CCCCC2CCC(=O)O)c1. The molecule has 0 saturated carbocycles. The zero-order valence-electron chi connectivity index (χ0n) is 14.4. The number of nitrogens with zero attached hydrogens (tertiary/aromatic N) is 1. The van der Waals surface area contributed by atoms with Crippen LogP contribution in [0.4, 0.5) is 0 Å². The minimum absolute atomic E-state index is 0.0834. The Morgan fingerprint density at radius 1 is 1.29 bits per heavy atom. The van der Waals surface area contributed by atoms with Crippen LogP contribution in [0.15, 0.2) is 24.3 Å². The van der Waals surface area contributed by atoms with Gasteiger partial charge in [-0.05, 0) is 56.7 Å². The van der Waals surface area contributed by atoms with Gasteiger partial charge in [0.15, 0.2) is 0 Å². The highest BCUT2D eigenvalue weighted by Gasteiger charge is 2.26. The second-order valence-electron chi connectivity index (χ2n) is 6.44. The Hall–Kier alpha value is -2.04. The molecular formula is C19H27NO4. The first-order chi connectivity index (χ1) is 11.6.